The first-order valence-electron chi connectivity index (χ1n) is 17.4. The summed E-state index contributed by atoms with van der Waals surface area (Å²) in [6.45, 7) is 4.30. The Morgan fingerprint density at radius 3 is 2.33 bits per heavy atom. The Bertz CT molecular complexity index is 2730. The van der Waals surface area contributed by atoms with Crippen molar-refractivity contribution in [3.63, 3.8) is 0 Å². The van der Waals surface area contributed by atoms with Crippen LogP contribution in [0.3, 0.4) is 0 Å². The largest absolute Gasteiger partial charge is 0.313 e. The highest BCUT2D eigenvalue weighted by Gasteiger charge is 2.26. The summed E-state index contributed by atoms with van der Waals surface area (Å²) in [7, 11) is 0. The lowest BCUT2D eigenvalue weighted by atomic mass is 9.86. The van der Waals surface area contributed by atoms with Crippen LogP contribution in [0.5, 0.6) is 0 Å². The van der Waals surface area contributed by atoms with Crippen molar-refractivity contribution in [1.29, 1.82) is 15.8 Å². The van der Waals surface area contributed by atoms with E-state index in [2.05, 4.69) is 131 Å². The van der Waals surface area contributed by atoms with E-state index in [9.17, 15) is 15.8 Å². The molecule has 246 valence electrons. The summed E-state index contributed by atoms with van der Waals surface area (Å²) in [6, 6.07) is 35.5. The van der Waals surface area contributed by atoms with Gasteiger partial charge in [0.25, 0.3) is 0 Å². The van der Waals surface area contributed by atoms with E-state index in [0.717, 1.165) is 63.1 Å². The zero-order valence-corrected chi connectivity index (χ0v) is 28.9. The van der Waals surface area contributed by atoms with Gasteiger partial charge in [0, 0.05) is 39.3 Å². The molecule has 6 aromatic rings. The third-order valence-corrected chi connectivity index (χ3v) is 10.5. The normalized spacial score (nSPS) is 16.5. The van der Waals surface area contributed by atoms with E-state index >= 15 is 0 Å². The molecule has 8 rings (SSSR count). The Morgan fingerprint density at radius 2 is 1.60 bits per heavy atom. The van der Waals surface area contributed by atoms with Gasteiger partial charge in [0.1, 0.15) is 11.6 Å². The molecule has 4 aromatic carbocycles. The zero-order chi connectivity index (χ0) is 35.9. The smallest absolute Gasteiger partial charge is 0.108 e. The second-order valence-electron chi connectivity index (χ2n) is 13.5. The Kier molecular flexibility index (Phi) is 8.05. The molecule has 2 atom stereocenters. The van der Waals surface area contributed by atoms with Crippen molar-refractivity contribution in [2.45, 2.75) is 38.5 Å². The molecular weight excluding hydrogens is 635 g/mol. The van der Waals surface area contributed by atoms with E-state index in [0.29, 0.717) is 17.0 Å². The number of aromatic nitrogens is 2. The topological polar surface area (TPSA) is 81.2 Å². The van der Waals surface area contributed by atoms with Gasteiger partial charge in [0.05, 0.1) is 40.0 Å². The Hall–Kier alpha value is -7.05. The standard InChI is InChI=1S/C47H33N5/c1-4-32(27-48)24-41-31(3)51(46-26-34(29-50)12-22-39(41)46)38-20-18-36(19-21-38)35-14-16-37(17-15-35)42-25-33(28-49)13-23-44(42)52-43-10-6-5-9-40(43)47-30(2)8-7-11-45(47)52/h1,5-7,9-16,18-26,30,37H,8,17H2,2-3H3/b32-24+. The van der Waals surface area contributed by atoms with Gasteiger partial charge in [-0.1, -0.05) is 73.5 Å². The fourth-order valence-electron chi connectivity index (χ4n) is 8.00. The maximum absolute atomic E-state index is 9.90. The van der Waals surface area contributed by atoms with Crippen LogP contribution in [0.1, 0.15) is 76.4 Å². The quantitative estimate of drug-likeness (QED) is 0.136. The summed E-state index contributed by atoms with van der Waals surface area (Å²) in [5, 5.41) is 31.3. The Labute approximate surface area is 303 Å². The molecule has 5 nitrogen and oxygen atoms in total. The van der Waals surface area contributed by atoms with Gasteiger partial charge < -0.3 is 9.13 Å². The second kappa shape index (κ2) is 13.0. The van der Waals surface area contributed by atoms with Crippen molar-refractivity contribution in [2.75, 3.05) is 0 Å². The summed E-state index contributed by atoms with van der Waals surface area (Å²) < 4.78 is 4.50. The van der Waals surface area contributed by atoms with Gasteiger partial charge in [-0.2, -0.15) is 15.8 Å². The van der Waals surface area contributed by atoms with Crippen molar-refractivity contribution in [1.82, 2.24) is 9.13 Å². The van der Waals surface area contributed by atoms with Crippen LogP contribution in [0.4, 0.5) is 0 Å². The second-order valence-corrected chi connectivity index (χ2v) is 13.5. The van der Waals surface area contributed by atoms with Gasteiger partial charge >= 0.3 is 0 Å². The molecule has 0 bridgehead atoms. The third kappa shape index (κ3) is 5.25. The lowest BCUT2D eigenvalue weighted by molar-refractivity contribution is 0.771. The number of nitriles is 3. The Morgan fingerprint density at radius 1 is 0.827 bits per heavy atom. The average molecular weight is 668 g/mol. The predicted molar refractivity (Wildman–Crippen MR) is 210 cm³/mol. The van der Waals surface area contributed by atoms with Crippen molar-refractivity contribution >= 4 is 39.5 Å². The van der Waals surface area contributed by atoms with E-state index in [1.165, 1.54) is 22.2 Å². The minimum atomic E-state index is 0.101. The number of fused-ring (bicyclic) bond motifs is 4. The van der Waals surface area contributed by atoms with Crippen LogP contribution >= 0.6 is 0 Å². The number of nitrogens with zero attached hydrogens (tertiary/aromatic N) is 5. The number of benzene rings is 4. The fraction of sp³-hybridized carbons (Fsp3) is 0.128. The van der Waals surface area contributed by atoms with Gasteiger partial charge in [0.2, 0.25) is 0 Å². The van der Waals surface area contributed by atoms with E-state index in [4.69, 9.17) is 6.42 Å². The van der Waals surface area contributed by atoms with Crippen LogP contribution in [-0.2, 0) is 0 Å². The molecule has 0 spiro atoms. The molecule has 0 radical (unpaired) electrons. The van der Waals surface area contributed by atoms with Crippen LogP contribution in [0.2, 0.25) is 0 Å². The highest BCUT2D eigenvalue weighted by Crippen LogP contribution is 2.42. The van der Waals surface area contributed by atoms with E-state index in [1.54, 1.807) is 12.1 Å². The number of hydrogen-bond donors (Lipinski definition) is 0. The first-order valence-corrected chi connectivity index (χ1v) is 17.4. The molecule has 0 aliphatic heterocycles. The molecule has 2 aromatic heterocycles. The lowest BCUT2D eigenvalue weighted by Crippen LogP contribution is -2.09. The highest BCUT2D eigenvalue weighted by molar-refractivity contribution is 5.95. The maximum Gasteiger partial charge on any atom is 0.108 e. The van der Waals surface area contributed by atoms with Crippen molar-refractivity contribution < 1.29 is 0 Å². The molecule has 5 heteroatoms. The van der Waals surface area contributed by atoms with E-state index in [1.807, 2.05) is 25.1 Å². The van der Waals surface area contributed by atoms with Gasteiger partial charge in [0.15, 0.2) is 0 Å². The number of hydrogen-bond acceptors (Lipinski definition) is 3. The van der Waals surface area contributed by atoms with Crippen molar-refractivity contribution in [2.24, 2.45) is 0 Å². The van der Waals surface area contributed by atoms with E-state index in [-0.39, 0.29) is 11.5 Å². The number of rotatable bonds is 5. The monoisotopic (exact) mass is 667 g/mol. The lowest BCUT2D eigenvalue weighted by Gasteiger charge is -2.23. The van der Waals surface area contributed by atoms with Crippen LogP contribution in [0.15, 0.2) is 115 Å². The Balaban J connectivity index is 1.14. The highest BCUT2D eigenvalue weighted by atomic mass is 15.0. The summed E-state index contributed by atoms with van der Waals surface area (Å²) in [6.07, 6.45) is 20.4. The number of terminal acetylenes is 1. The minimum Gasteiger partial charge on any atom is -0.313 e. The molecule has 52 heavy (non-hydrogen) atoms. The van der Waals surface area contributed by atoms with Crippen LogP contribution < -0.4 is 0 Å². The first kappa shape index (κ1) is 32.2. The van der Waals surface area contributed by atoms with Crippen molar-refractivity contribution in [3.8, 4) is 41.9 Å². The van der Waals surface area contributed by atoms with Crippen LogP contribution in [0.25, 0.3) is 50.9 Å². The molecule has 0 saturated heterocycles. The maximum atomic E-state index is 9.90. The summed E-state index contributed by atoms with van der Waals surface area (Å²) in [5.41, 5.74) is 13.4. The zero-order valence-electron chi connectivity index (χ0n) is 28.9. The molecule has 0 fully saturated rings. The number of para-hydroxylation sites is 1. The SMILES string of the molecule is C#C/C(C#N)=C\c1c(C)n(-c2ccc(C3=CCC(c4cc(C#N)ccc4-n4c5c(c6ccccc64)C(C)CC=C5)C=C3)cc2)c2cc(C#N)ccc12. The van der Waals surface area contributed by atoms with Crippen molar-refractivity contribution in [3.05, 3.63) is 160 Å². The number of allylic oxidation sites excluding steroid dienone is 6. The summed E-state index contributed by atoms with van der Waals surface area (Å²) in [5.74, 6) is 3.00. The van der Waals surface area contributed by atoms with Gasteiger partial charge in [-0.15, -0.1) is 6.42 Å². The molecule has 0 saturated carbocycles. The van der Waals surface area contributed by atoms with Crippen LogP contribution in [0, 0.1) is 53.3 Å². The van der Waals surface area contributed by atoms with Gasteiger partial charge in [-0.05, 0) is 109 Å². The molecule has 2 aliphatic rings. The first-order chi connectivity index (χ1) is 25.4. The fourth-order valence-corrected chi connectivity index (χ4v) is 8.00. The minimum absolute atomic E-state index is 0.101. The summed E-state index contributed by atoms with van der Waals surface area (Å²) >= 11 is 0. The predicted octanol–water partition coefficient (Wildman–Crippen LogP) is 10.8. The molecule has 2 unspecified atom stereocenters. The molecule has 2 aliphatic carbocycles. The summed E-state index contributed by atoms with van der Waals surface area (Å²) in [4.78, 5) is 0. The molecular formula is C47H33N5. The van der Waals surface area contributed by atoms with E-state index < -0.39 is 0 Å². The average Bonchev–Trinajstić information content (AvgIpc) is 3.67. The molecule has 0 N–H and O–H groups in total. The molecule has 2 heterocycles. The molecule has 0 amide bonds. The third-order valence-electron chi connectivity index (χ3n) is 10.5. The van der Waals surface area contributed by atoms with Gasteiger partial charge in [-0.25, -0.2) is 0 Å². The van der Waals surface area contributed by atoms with Crippen LogP contribution in [-0.4, -0.2) is 9.13 Å². The van der Waals surface area contributed by atoms with Gasteiger partial charge in [-0.3, -0.25) is 0 Å².